The number of carbonyl (C=O) groups excluding carboxylic acids is 1. The molecule has 0 amide bonds. The van der Waals surface area contributed by atoms with Gasteiger partial charge in [0.05, 0.1) is 5.92 Å². The van der Waals surface area contributed by atoms with Crippen LogP contribution in [0.1, 0.15) is 12.8 Å². The van der Waals surface area contributed by atoms with Crippen molar-refractivity contribution in [3.63, 3.8) is 0 Å². The molecule has 0 bridgehead atoms. The second-order valence-corrected chi connectivity index (χ2v) is 3.23. The predicted octanol–water partition coefficient (Wildman–Crippen LogP) is 1.36. The van der Waals surface area contributed by atoms with Crippen molar-refractivity contribution >= 4 is 17.9 Å². The van der Waals surface area contributed by atoms with Crippen molar-refractivity contribution in [2.24, 2.45) is 5.92 Å². The van der Waals surface area contributed by atoms with Gasteiger partial charge in [0.1, 0.15) is 6.29 Å². The molecule has 0 aromatic rings. The Morgan fingerprint density at radius 2 is 2.42 bits per heavy atom. The Labute approximate surface area is 74.4 Å². The minimum absolute atomic E-state index is 0.259. The first-order valence-electron chi connectivity index (χ1n) is 3.58. The molecule has 0 fully saturated rings. The summed E-state index contributed by atoms with van der Waals surface area (Å²) in [5.41, 5.74) is 0. The lowest BCUT2D eigenvalue weighted by atomic mass is 9.91. The van der Waals surface area contributed by atoms with Gasteiger partial charge in [-0.3, -0.25) is 10.1 Å². The predicted molar refractivity (Wildman–Crippen MR) is 43.5 cm³/mol. The normalized spacial score (nSPS) is 29.2. The van der Waals surface area contributed by atoms with Gasteiger partial charge in [0.25, 0.3) is 0 Å². The molecule has 1 aliphatic rings. The first-order valence-corrected chi connectivity index (χ1v) is 3.96. The maximum absolute atomic E-state index is 10.4. The van der Waals surface area contributed by atoms with E-state index in [4.69, 9.17) is 11.6 Å². The second kappa shape index (κ2) is 3.67. The average Bonchev–Trinajstić information content (AvgIpc) is 2.03. The zero-order valence-corrected chi connectivity index (χ0v) is 7.03. The number of halogens is 1. The highest BCUT2D eigenvalue weighted by Crippen LogP contribution is 2.26. The van der Waals surface area contributed by atoms with E-state index in [0.717, 1.165) is 0 Å². The van der Waals surface area contributed by atoms with Crippen molar-refractivity contribution < 1.29 is 9.72 Å². The van der Waals surface area contributed by atoms with Gasteiger partial charge in [0.15, 0.2) is 0 Å². The van der Waals surface area contributed by atoms with Gasteiger partial charge in [-0.05, 0) is 6.42 Å². The van der Waals surface area contributed by atoms with Crippen LogP contribution in [0, 0.1) is 16.0 Å². The third kappa shape index (κ3) is 1.82. The maximum atomic E-state index is 10.4. The number of carbonyl (C=O) groups is 1. The fraction of sp³-hybridized carbons (Fsp3) is 0.571. The van der Waals surface area contributed by atoms with E-state index in [0.29, 0.717) is 17.7 Å². The molecule has 0 unspecified atom stereocenters. The molecule has 4 nitrogen and oxygen atoms in total. The molecule has 0 aliphatic heterocycles. The van der Waals surface area contributed by atoms with Crippen LogP contribution in [-0.2, 0) is 4.79 Å². The largest absolute Gasteiger partial charge is 0.303 e. The van der Waals surface area contributed by atoms with Crippen molar-refractivity contribution in [3.8, 4) is 0 Å². The molecule has 0 N–H and O–H groups in total. The second-order valence-electron chi connectivity index (χ2n) is 2.74. The maximum Gasteiger partial charge on any atom is 0.226 e. The third-order valence-electron chi connectivity index (χ3n) is 1.95. The zero-order chi connectivity index (χ0) is 9.14. The van der Waals surface area contributed by atoms with E-state index in [-0.39, 0.29) is 6.42 Å². The summed E-state index contributed by atoms with van der Waals surface area (Å²) in [4.78, 5) is 20.4. The number of nitro groups is 1. The van der Waals surface area contributed by atoms with Gasteiger partial charge in [-0.1, -0.05) is 17.7 Å². The molecule has 0 spiro atoms. The van der Waals surface area contributed by atoms with Crippen molar-refractivity contribution in [3.05, 3.63) is 21.2 Å². The summed E-state index contributed by atoms with van der Waals surface area (Å²) in [6.07, 6.45) is 2.78. The van der Waals surface area contributed by atoms with E-state index in [2.05, 4.69) is 0 Å². The molecule has 1 rings (SSSR count). The molecule has 0 aromatic carbocycles. The summed E-state index contributed by atoms with van der Waals surface area (Å²) in [5, 5.41) is 11.0. The van der Waals surface area contributed by atoms with Crippen LogP contribution in [0.4, 0.5) is 0 Å². The highest BCUT2D eigenvalue weighted by Gasteiger charge is 2.33. The molecule has 1 aliphatic carbocycles. The third-order valence-corrected chi connectivity index (χ3v) is 2.26. The number of hydrogen-bond donors (Lipinski definition) is 0. The first kappa shape index (κ1) is 9.19. The van der Waals surface area contributed by atoms with Gasteiger partial charge < -0.3 is 4.79 Å². The van der Waals surface area contributed by atoms with Crippen molar-refractivity contribution in [2.75, 3.05) is 0 Å². The van der Waals surface area contributed by atoms with Crippen LogP contribution in [0.25, 0.3) is 0 Å². The topological polar surface area (TPSA) is 60.2 Å². The number of aldehydes is 1. The Morgan fingerprint density at radius 1 is 1.75 bits per heavy atom. The summed E-state index contributed by atoms with van der Waals surface area (Å²) in [7, 11) is 0. The lowest BCUT2D eigenvalue weighted by molar-refractivity contribution is -0.528. The summed E-state index contributed by atoms with van der Waals surface area (Å²) in [6, 6.07) is -0.787. The van der Waals surface area contributed by atoms with Gasteiger partial charge in [0, 0.05) is 16.4 Å². The molecule has 2 atom stereocenters. The van der Waals surface area contributed by atoms with Crippen LogP contribution in [0.15, 0.2) is 11.1 Å². The highest BCUT2D eigenvalue weighted by atomic mass is 35.5. The van der Waals surface area contributed by atoms with E-state index in [1.807, 2.05) is 0 Å². The quantitative estimate of drug-likeness (QED) is 0.374. The molecule has 0 heterocycles. The standard InChI is InChI=1S/C7H8ClNO3/c8-6-1-2-7(9(11)12)5(3-6)4-10/h1,4-5,7H,2-3H2/t5-,7-/m1/s1. The molecular formula is C7H8ClNO3. The Balaban J connectivity index is 2.75. The van der Waals surface area contributed by atoms with Gasteiger partial charge in [0.2, 0.25) is 6.04 Å². The van der Waals surface area contributed by atoms with Gasteiger partial charge in [-0.2, -0.15) is 0 Å². The Kier molecular flexibility index (Phi) is 2.81. The molecule has 12 heavy (non-hydrogen) atoms. The van der Waals surface area contributed by atoms with E-state index in [1.54, 1.807) is 6.08 Å². The van der Waals surface area contributed by atoms with Crippen molar-refractivity contribution in [1.82, 2.24) is 0 Å². The Hall–Kier alpha value is -0.900. The fourth-order valence-corrected chi connectivity index (χ4v) is 1.52. The highest BCUT2D eigenvalue weighted by molar-refractivity contribution is 6.29. The minimum atomic E-state index is -0.787. The van der Waals surface area contributed by atoms with Gasteiger partial charge >= 0.3 is 0 Å². The molecule has 0 saturated carbocycles. The van der Waals surface area contributed by atoms with Crippen molar-refractivity contribution in [2.45, 2.75) is 18.9 Å². The van der Waals surface area contributed by atoms with Crippen molar-refractivity contribution in [1.29, 1.82) is 0 Å². The molecule has 0 aromatic heterocycles. The van der Waals surface area contributed by atoms with Gasteiger partial charge in [-0.15, -0.1) is 0 Å². The minimum Gasteiger partial charge on any atom is -0.303 e. The van der Waals surface area contributed by atoms with Crippen LogP contribution in [0.5, 0.6) is 0 Å². The zero-order valence-electron chi connectivity index (χ0n) is 6.27. The lowest BCUT2D eigenvalue weighted by Crippen LogP contribution is -2.32. The first-order chi connectivity index (χ1) is 5.65. The van der Waals surface area contributed by atoms with Crippen LogP contribution < -0.4 is 0 Å². The van der Waals surface area contributed by atoms with E-state index >= 15 is 0 Å². The lowest BCUT2D eigenvalue weighted by Gasteiger charge is -2.18. The smallest absolute Gasteiger partial charge is 0.226 e. The van der Waals surface area contributed by atoms with Crippen LogP contribution in [0.2, 0.25) is 0 Å². The van der Waals surface area contributed by atoms with E-state index in [1.165, 1.54) is 0 Å². The summed E-state index contributed by atoms with van der Waals surface area (Å²) >= 11 is 5.64. The van der Waals surface area contributed by atoms with Gasteiger partial charge in [-0.25, -0.2) is 0 Å². The molecule has 66 valence electrons. The molecular weight excluding hydrogens is 182 g/mol. The summed E-state index contributed by atoms with van der Waals surface area (Å²) in [6.45, 7) is 0. The molecule has 0 saturated heterocycles. The van der Waals surface area contributed by atoms with Crippen LogP contribution in [0.3, 0.4) is 0 Å². The Bertz CT molecular complexity index is 239. The fourth-order valence-electron chi connectivity index (χ4n) is 1.25. The summed E-state index contributed by atoms with van der Waals surface area (Å²) in [5.74, 6) is -0.558. The van der Waals surface area contributed by atoms with E-state index in [9.17, 15) is 14.9 Å². The van der Waals surface area contributed by atoms with E-state index < -0.39 is 16.9 Å². The average molecular weight is 190 g/mol. The van der Waals surface area contributed by atoms with Crippen LogP contribution >= 0.6 is 11.6 Å². The monoisotopic (exact) mass is 189 g/mol. The summed E-state index contributed by atoms with van der Waals surface area (Å²) < 4.78 is 0. The number of hydrogen-bond acceptors (Lipinski definition) is 3. The number of rotatable bonds is 2. The molecule has 5 heteroatoms. The SMILES string of the molecule is O=C[C@H]1CC(Cl)=CC[C@H]1[N+](=O)[O-]. The number of nitrogens with zero attached hydrogens (tertiary/aromatic N) is 1. The Morgan fingerprint density at radius 3 is 2.92 bits per heavy atom. The van der Waals surface area contributed by atoms with Crippen LogP contribution in [-0.4, -0.2) is 17.3 Å². The number of allylic oxidation sites excluding steroid dienone is 1. The molecule has 0 radical (unpaired) electrons.